The standard InChI is InChI=1S/C26H32ClO5PS.C24H28ClO6PS.C24H27ClO3S/c1-18-6-7-19(2)24-23(18)26(34(28,29)21-10-8-20(27)9-11-21)13-5-12-25(22(26)16-30-24)14-15-31-33(3,4)32-17-25;1-16-5-6-17(2)22-21(16)24(33(27,28)19-9-7-18(25)8-10-19)12-4-11-23(20(24)13-29-22)14-30-32(3,26)31-15-23;1-16-5-6-17(2)22-21(16)24(29(26,27)19-9-7-18(25)8-10-19)14-4-13-23(11-3-12-23)20(24)15-28-22/h6-11,22H,3,5,12-17H2,1-2,4H3;5-10,20H,4,11-15H2,1-3H3;5-10,20H,3-4,11-15H2,1-2H3/t22-,25+,26-,33?;20-,23?,24-,32?;20-,24-/m000/s1. The average Bonchev–Trinajstić information content (AvgIpc) is 0.732. The largest absolute Gasteiger partial charge is 0.493 e. The summed E-state index contributed by atoms with van der Waals surface area (Å²) in [5.41, 5.74) is 7.29. The molecule has 4 aliphatic carbocycles. The molecule has 8 atom stereocenters. The van der Waals surface area contributed by atoms with Gasteiger partial charge in [-0.15, -0.1) is 0 Å². The summed E-state index contributed by atoms with van der Waals surface area (Å²) in [5.74, 6) is 1.45. The van der Waals surface area contributed by atoms with E-state index in [1.165, 1.54) is 13.1 Å². The fourth-order valence-electron chi connectivity index (χ4n) is 18.7. The van der Waals surface area contributed by atoms with Gasteiger partial charge in [0.15, 0.2) is 29.5 Å². The first-order chi connectivity index (χ1) is 45.4. The lowest BCUT2D eigenvalue weighted by molar-refractivity contribution is -0.0833. The highest BCUT2D eigenvalue weighted by Crippen LogP contribution is 2.70. The Morgan fingerprint density at radius 1 is 0.385 bits per heavy atom. The molecule has 4 saturated carbocycles. The van der Waals surface area contributed by atoms with Gasteiger partial charge < -0.3 is 32.3 Å². The summed E-state index contributed by atoms with van der Waals surface area (Å²) in [6.07, 6.45) is 15.1. The molecule has 5 aliphatic heterocycles. The number of halogens is 3. The van der Waals surface area contributed by atoms with Gasteiger partial charge in [-0.25, -0.2) is 25.3 Å². The molecule has 0 aromatic heterocycles. The second-order valence-corrected chi connectivity index (χ2v) is 41.6. The molecule has 96 heavy (non-hydrogen) atoms. The Morgan fingerprint density at radius 3 is 1.03 bits per heavy atom. The molecule has 2 saturated heterocycles. The van der Waals surface area contributed by atoms with Crippen LogP contribution in [0.25, 0.3) is 0 Å². The minimum atomic E-state index is -3.88. The van der Waals surface area contributed by atoms with E-state index in [1.807, 2.05) is 78.5 Å². The monoisotopic (exact) mass is 1460 g/mol. The topological polar surface area (TPSA) is 184 Å². The van der Waals surface area contributed by atoms with E-state index < -0.39 is 70.0 Å². The summed E-state index contributed by atoms with van der Waals surface area (Å²) in [6, 6.07) is 31.8. The van der Waals surface area contributed by atoms with Crippen molar-refractivity contribution in [2.24, 2.45) is 34.0 Å². The molecule has 516 valence electrons. The van der Waals surface area contributed by atoms with Gasteiger partial charge in [-0.1, -0.05) is 103 Å². The third-order valence-corrected chi connectivity index (χ3v) is 34.6. The molecule has 6 fully saturated rings. The van der Waals surface area contributed by atoms with E-state index in [4.69, 9.17) is 67.1 Å². The molecule has 0 amide bonds. The van der Waals surface area contributed by atoms with Gasteiger partial charge in [0.05, 0.1) is 60.9 Å². The first-order valence-corrected chi connectivity index (χ1v) is 43.3. The van der Waals surface area contributed by atoms with Crippen molar-refractivity contribution < 1.29 is 62.1 Å². The maximum atomic E-state index is 14.7. The molecule has 0 radical (unpaired) electrons. The van der Waals surface area contributed by atoms with Gasteiger partial charge >= 0.3 is 7.60 Å². The molecule has 1 unspecified atom stereocenters. The van der Waals surface area contributed by atoms with Gasteiger partial charge in [0.1, 0.15) is 38.8 Å². The zero-order chi connectivity index (χ0) is 68.4. The molecule has 5 heterocycles. The Balaban J connectivity index is 0.000000131. The van der Waals surface area contributed by atoms with Crippen molar-refractivity contribution in [2.45, 2.75) is 154 Å². The molecule has 15 rings (SSSR count). The minimum Gasteiger partial charge on any atom is -0.493 e. The van der Waals surface area contributed by atoms with Gasteiger partial charge in [0.25, 0.3) is 0 Å². The molecule has 14 nitrogen and oxygen atoms in total. The van der Waals surface area contributed by atoms with Gasteiger partial charge in [-0.3, -0.25) is 4.57 Å². The highest BCUT2D eigenvalue weighted by molar-refractivity contribution is 7.93. The molecule has 0 bridgehead atoms. The van der Waals surface area contributed by atoms with Crippen LogP contribution in [0.5, 0.6) is 17.2 Å². The Labute approximate surface area is 582 Å². The maximum Gasteiger partial charge on any atom is 0.327 e. The first kappa shape index (κ1) is 70.3. The number of fused-ring (bicyclic) bond motifs is 12. The van der Waals surface area contributed by atoms with Crippen LogP contribution >= 0.6 is 49.7 Å². The fraction of sp³-hybridized carbons (Fsp3) is 0.500. The zero-order valence-corrected chi connectivity index (χ0v) is 62.4. The lowest BCUT2D eigenvalue weighted by Gasteiger charge is -2.60. The van der Waals surface area contributed by atoms with Crippen molar-refractivity contribution in [1.29, 1.82) is 0 Å². The summed E-state index contributed by atoms with van der Waals surface area (Å²) in [6.45, 7) is 17.7. The van der Waals surface area contributed by atoms with E-state index in [2.05, 4.69) is 12.4 Å². The number of hydrogen-bond donors (Lipinski definition) is 0. The SMILES string of the molecule is C=P1(C)OCC[C@]2(CCC[C@@]3(S(=O)(=O)c4ccc(Cl)cc4)c4c(C)ccc(C)c4OC[C@@H]23)CO1.Cc1ccc(C)c2c1OC[C@H]1C3(CCC3)CCC[C@@]21S(=O)(=O)c1ccc(Cl)cc1.Cc1ccc(C)c2c1OC[C@H]1C3(CCC[C@@]21S(=O)(=O)c1ccc(Cl)cc1)COP(C)(=O)OC3. The van der Waals surface area contributed by atoms with E-state index >= 15 is 0 Å². The summed E-state index contributed by atoms with van der Waals surface area (Å²) < 4.78 is 139. The van der Waals surface area contributed by atoms with Crippen LogP contribution in [0, 0.1) is 75.5 Å². The van der Waals surface area contributed by atoms with Crippen LogP contribution in [0.4, 0.5) is 0 Å². The predicted octanol–water partition coefficient (Wildman–Crippen LogP) is 17.8. The molecule has 3 spiro atoms. The Bertz CT molecular complexity index is 4500. The highest BCUT2D eigenvalue weighted by Gasteiger charge is 2.69. The maximum absolute atomic E-state index is 14.7. The van der Waals surface area contributed by atoms with Crippen molar-refractivity contribution in [3.63, 3.8) is 0 Å². The van der Waals surface area contributed by atoms with E-state index in [-0.39, 0.29) is 47.4 Å². The van der Waals surface area contributed by atoms with E-state index in [0.717, 1.165) is 107 Å². The quantitative estimate of drug-likeness (QED) is 0.143. The average molecular weight is 1470 g/mol. The van der Waals surface area contributed by atoms with Crippen molar-refractivity contribution >= 4 is 85.5 Å². The second kappa shape index (κ2) is 25.4. The third-order valence-electron chi connectivity index (χ3n) is 23.6. The van der Waals surface area contributed by atoms with Crippen LogP contribution < -0.4 is 14.2 Å². The third kappa shape index (κ3) is 11.2. The number of aryl methyl sites for hydroxylation is 6. The van der Waals surface area contributed by atoms with E-state index in [1.54, 1.807) is 72.8 Å². The summed E-state index contributed by atoms with van der Waals surface area (Å²) in [5, 5.41) is 1.55. The smallest absolute Gasteiger partial charge is 0.327 e. The van der Waals surface area contributed by atoms with Crippen molar-refractivity contribution in [2.75, 3.05) is 59.6 Å². The Morgan fingerprint density at radius 2 is 0.677 bits per heavy atom. The first-order valence-electron chi connectivity index (χ1n) is 33.4. The number of rotatable bonds is 6. The van der Waals surface area contributed by atoms with Crippen LogP contribution in [-0.4, -0.2) is 91.1 Å². The molecule has 22 heteroatoms. The van der Waals surface area contributed by atoms with E-state index in [9.17, 15) is 29.8 Å². The van der Waals surface area contributed by atoms with Crippen LogP contribution in [0.3, 0.4) is 0 Å². The van der Waals surface area contributed by atoms with Crippen molar-refractivity contribution in [3.8, 4) is 17.2 Å². The molecule has 9 aliphatic rings. The highest BCUT2D eigenvalue weighted by atomic mass is 35.5. The summed E-state index contributed by atoms with van der Waals surface area (Å²) in [7, 11) is -16.7. The lowest BCUT2D eigenvalue weighted by Crippen LogP contribution is -2.61. The fourth-order valence-corrected chi connectivity index (χ4v) is 28.9. The zero-order valence-electron chi connectivity index (χ0n) is 55.9. The van der Waals surface area contributed by atoms with Gasteiger partial charge in [-0.05, 0) is 211 Å². The number of ether oxygens (including phenoxy) is 3. The normalized spacial score (nSPS) is 31.8. The Hall–Kier alpha value is -4.19. The van der Waals surface area contributed by atoms with Crippen molar-refractivity contribution in [3.05, 3.63) is 174 Å². The van der Waals surface area contributed by atoms with Crippen LogP contribution in [0.1, 0.15) is 134 Å². The van der Waals surface area contributed by atoms with Crippen molar-refractivity contribution in [1.82, 2.24) is 0 Å². The molecule has 0 N–H and O–H groups in total. The lowest BCUT2D eigenvalue weighted by atomic mass is 9.50. The van der Waals surface area contributed by atoms with Gasteiger partial charge in [-0.2, -0.15) is 0 Å². The van der Waals surface area contributed by atoms with Crippen LogP contribution in [0.15, 0.2) is 124 Å². The minimum absolute atomic E-state index is 0.00817. The summed E-state index contributed by atoms with van der Waals surface area (Å²) in [4.78, 5) is 0.909. The second-order valence-electron chi connectivity index (χ2n) is 29.0. The van der Waals surface area contributed by atoms with E-state index in [0.29, 0.717) is 88.5 Å². The molecular formula is C74H87Cl3O14P2S3. The molecule has 6 aromatic carbocycles. The predicted molar refractivity (Wildman–Crippen MR) is 380 cm³/mol. The number of hydrogen-bond acceptors (Lipinski definition) is 14. The molecular weight excluding hydrogens is 1380 g/mol. The van der Waals surface area contributed by atoms with Crippen LogP contribution in [-0.2, 0) is 66.4 Å². The van der Waals surface area contributed by atoms with Gasteiger partial charge in [0, 0.05) is 73.7 Å². The summed E-state index contributed by atoms with van der Waals surface area (Å²) >= 11 is 18.3. The van der Waals surface area contributed by atoms with Crippen LogP contribution in [0.2, 0.25) is 15.1 Å². The molecule has 6 aromatic rings. The van der Waals surface area contributed by atoms with Gasteiger partial charge in [0.2, 0.25) is 0 Å². The number of benzene rings is 6. The Kier molecular flexibility index (Phi) is 18.6. The number of sulfone groups is 3.